The summed E-state index contributed by atoms with van der Waals surface area (Å²) < 4.78 is 0. The van der Waals surface area contributed by atoms with Crippen LogP contribution < -0.4 is 5.32 Å². The number of halogens is 1. The third kappa shape index (κ3) is 3.42. The predicted molar refractivity (Wildman–Crippen MR) is 68.1 cm³/mol. The molecule has 0 amide bonds. The fourth-order valence-corrected chi connectivity index (χ4v) is 1.68. The quantitative estimate of drug-likeness (QED) is 0.801. The van der Waals surface area contributed by atoms with Crippen LogP contribution in [-0.4, -0.2) is 23.5 Å². The number of hydrogen-bond donors (Lipinski definition) is 1. The maximum absolute atomic E-state index is 5.75. The van der Waals surface area contributed by atoms with Crippen LogP contribution in [0, 0.1) is 0 Å². The molecule has 0 aliphatic heterocycles. The SMILES string of the molecule is C/C=C(\NC)N(CC)Cc1ccc(Cl)nc1. The van der Waals surface area contributed by atoms with Crippen molar-refractivity contribution in [3.63, 3.8) is 0 Å². The highest BCUT2D eigenvalue weighted by molar-refractivity contribution is 6.29. The molecule has 0 saturated heterocycles. The van der Waals surface area contributed by atoms with Gasteiger partial charge in [0.2, 0.25) is 0 Å². The van der Waals surface area contributed by atoms with Crippen molar-refractivity contribution in [3.8, 4) is 0 Å². The van der Waals surface area contributed by atoms with Crippen molar-refractivity contribution in [3.05, 3.63) is 40.9 Å². The normalized spacial score (nSPS) is 11.4. The van der Waals surface area contributed by atoms with Gasteiger partial charge >= 0.3 is 0 Å². The molecule has 0 aliphatic carbocycles. The van der Waals surface area contributed by atoms with E-state index < -0.39 is 0 Å². The average molecular weight is 240 g/mol. The molecular formula is C12H18ClN3. The molecule has 16 heavy (non-hydrogen) atoms. The molecular weight excluding hydrogens is 222 g/mol. The predicted octanol–water partition coefficient (Wildman–Crippen LogP) is 2.64. The summed E-state index contributed by atoms with van der Waals surface area (Å²) >= 11 is 5.75. The first-order valence-corrected chi connectivity index (χ1v) is 5.78. The van der Waals surface area contributed by atoms with Crippen LogP contribution in [0.15, 0.2) is 30.2 Å². The Balaban J connectivity index is 2.73. The molecule has 1 heterocycles. The minimum atomic E-state index is 0.534. The molecule has 0 radical (unpaired) electrons. The highest BCUT2D eigenvalue weighted by Crippen LogP contribution is 2.10. The molecule has 4 heteroatoms. The van der Waals surface area contributed by atoms with Gasteiger partial charge in [0.15, 0.2) is 0 Å². The first-order valence-electron chi connectivity index (χ1n) is 5.40. The smallest absolute Gasteiger partial charge is 0.129 e. The summed E-state index contributed by atoms with van der Waals surface area (Å²) in [5, 5.41) is 3.71. The second-order valence-electron chi connectivity index (χ2n) is 3.43. The van der Waals surface area contributed by atoms with Crippen LogP contribution in [0.2, 0.25) is 5.15 Å². The van der Waals surface area contributed by atoms with Crippen molar-refractivity contribution in [1.29, 1.82) is 0 Å². The molecule has 0 unspecified atom stereocenters. The Hall–Kier alpha value is -1.22. The minimum Gasteiger partial charge on any atom is -0.375 e. The number of pyridine rings is 1. The zero-order chi connectivity index (χ0) is 12.0. The second-order valence-corrected chi connectivity index (χ2v) is 3.81. The van der Waals surface area contributed by atoms with E-state index in [4.69, 9.17) is 11.6 Å². The monoisotopic (exact) mass is 239 g/mol. The van der Waals surface area contributed by atoms with Crippen LogP contribution in [-0.2, 0) is 6.54 Å². The standard InChI is InChI=1S/C12H18ClN3/c1-4-12(14-3)16(5-2)9-10-6-7-11(13)15-8-10/h4,6-8,14H,5,9H2,1-3H3/b12-4+. The van der Waals surface area contributed by atoms with E-state index in [1.165, 1.54) is 0 Å². The van der Waals surface area contributed by atoms with Gasteiger partial charge in [-0.1, -0.05) is 17.7 Å². The largest absolute Gasteiger partial charge is 0.375 e. The average Bonchev–Trinajstić information content (AvgIpc) is 2.32. The lowest BCUT2D eigenvalue weighted by molar-refractivity contribution is 0.333. The van der Waals surface area contributed by atoms with Crippen molar-refractivity contribution in [2.24, 2.45) is 0 Å². The summed E-state index contributed by atoms with van der Waals surface area (Å²) in [4.78, 5) is 6.32. The lowest BCUT2D eigenvalue weighted by atomic mass is 10.2. The summed E-state index contributed by atoms with van der Waals surface area (Å²) in [6, 6.07) is 3.82. The Morgan fingerprint density at radius 2 is 2.31 bits per heavy atom. The third-order valence-electron chi connectivity index (χ3n) is 2.41. The summed E-state index contributed by atoms with van der Waals surface area (Å²) in [7, 11) is 1.93. The summed E-state index contributed by atoms with van der Waals surface area (Å²) in [5.74, 6) is 1.12. The number of rotatable bonds is 5. The lowest BCUT2D eigenvalue weighted by Crippen LogP contribution is -2.29. The Morgan fingerprint density at radius 3 is 2.75 bits per heavy atom. The number of aromatic nitrogens is 1. The molecule has 0 bridgehead atoms. The van der Waals surface area contributed by atoms with Gasteiger partial charge in [-0.2, -0.15) is 0 Å². The van der Waals surface area contributed by atoms with Gasteiger partial charge in [0.25, 0.3) is 0 Å². The maximum atomic E-state index is 5.75. The van der Waals surface area contributed by atoms with Gasteiger partial charge in [-0.3, -0.25) is 0 Å². The van der Waals surface area contributed by atoms with Crippen LogP contribution in [0.5, 0.6) is 0 Å². The van der Waals surface area contributed by atoms with Gasteiger partial charge in [-0.15, -0.1) is 0 Å². The fourth-order valence-electron chi connectivity index (χ4n) is 1.57. The fraction of sp³-hybridized carbons (Fsp3) is 0.417. The first-order chi connectivity index (χ1) is 7.71. The summed E-state index contributed by atoms with van der Waals surface area (Å²) in [6.07, 6.45) is 3.88. The van der Waals surface area contributed by atoms with E-state index >= 15 is 0 Å². The van der Waals surface area contributed by atoms with Crippen LogP contribution in [0.25, 0.3) is 0 Å². The number of allylic oxidation sites excluding steroid dienone is 1. The molecule has 0 atom stereocenters. The Bertz CT molecular complexity index is 346. The number of nitrogens with zero attached hydrogens (tertiary/aromatic N) is 2. The van der Waals surface area contributed by atoms with E-state index in [2.05, 4.69) is 28.2 Å². The minimum absolute atomic E-state index is 0.534. The third-order valence-corrected chi connectivity index (χ3v) is 2.64. The first kappa shape index (κ1) is 12.8. The molecule has 0 spiro atoms. The van der Waals surface area contributed by atoms with E-state index in [0.717, 1.165) is 24.5 Å². The van der Waals surface area contributed by atoms with E-state index in [9.17, 15) is 0 Å². The molecule has 1 aromatic rings. The summed E-state index contributed by atoms with van der Waals surface area (Å²) in [6.45, 7) is 5.93. The molecule has 0 saturated carbocycles. The van der Waals surface area contributed by atoms with E-state index in [-0.39, 0.29) is 0 Å². The van der Waals surface area contributed by atoms with Crippen LogP contribution in [0.4, 0.5) is 0 Å². The molecule has 1 rings (SSSR count). The number of hydrogen-bond acceptors (Lipinski definition) is 3. The molecule has 3 nitrogen and oxygen atoms in total. The molecule has 0 fully saturated rings. The molecule has 1 aromatic heterocycles. The summed E-state index contributed by atoms with van der Waals surface area (Å²) in [5.41, 5.74) is 1.15. The highest BCUT2D eigenvalue weighted by Gasteiger charge is 2.06. The van der Waals surface area contributed by atoms with E-state index in [1.54, 1.807) is 0 Å². The van der Waals surface area contributed by atoms with Gasteiger partial charge in [0, 0.05) is 26.3 Å². The van der Waals surface area contributed by atoms with Gasteiger partial charge < -0.3 is 10.2 Å². The lowest BCUT2D eigenvalue weighted by Gasteiger charge is -2.25. The van der Waals surface area contributed by atoms with Crippen molar-refractivity contribution in [2.75, 3.05) is 13.6 Å². The Kier molecular flexibility index (Phi) is 5.12. The molecule has 0 aromatic carbocycles. The molecule has 1 N–H and O–H groups in total. The Morgan fingerprint density at radius 1 is 1.56 bits per heavy atom. The van der Waals surface area contributed by atoms with Crippen molar-refractivity contribution in [2.45, 2.75) is 20.4 Å². The van der Waals surface area contributed by atoms with Crippen molar-refractivity contribution in [1.82, 2.24) is 15.2 Å². The number of nitrogens with one attached hydrogen (secondary N) is 1. The second kappa shape index (κ2) is 6.38. The maximum Gasteiger partial charge on any atom is 0.129 e. The van der Waals surface area contributed by atoms with E-state index in [1.807, 2.05) is 32.3 Å². The van der Waals surface area contributed by atoms with Gasteiger partial charge in [0.05, 0.1) is 5.82 Å². The van der Waals surface area contributed by atoms with Crippen LogP contribution in [0.1, 0.15) is 19.4 Å². The van der Waals surface area contributed by atoms with Crippen LogP contribution in [0.3, 0.4) is 0 Å². The topological polar surface area (TPSA) is 28.2 Å². The van der Waals surface area contributed by atoms with Crippen LogP contribution >= 0.6 is 11.6 Å². The van der Waals surface area contributed by atoms with Crippen molar-refractivity contribution < 1.29 is 0 Å². The Labute approximate surface area is 102 Å². The van der Waals surface area contributed by atoms with Gasteiger partial charge in [-0.25, -0.2) is 4.98 Å². The van der Waals surface area contributed by atoms with Gasteiger partial charge in [0.1, 0.15) is 5.15 Å². The zero-order valence-electron chi connectivity index (χ0n) is 10.00. The van der Waals surface area contributed by atoms with Crippen molar-refractivity contribution >= 4 is 11.6 Å². The van der Waals surface area contributed by atoms with E-state index in [0.29, 0.717) is 5.15 Å². The highest BCUT2D eigenvalue weighted by atomic mass is 35.5. The zero-order valence-corrected chi connectivity index (χ0v) is 10.8. The van der Waals surface area contributed by atoms with Gasteiger partial charge in [-0.05, 0) is 31.6 Å². The molecule has 88 valence electrons. The molecule has 0 aliphatic rings.